The van der Waals surface area contributed by atoms with Gasteiger partial charge in [-0.2, -0.15) is 5.10 Å². The summed E-state index contributed by atoms with van der Waals surface area (Å²) in [4.78, 5) is 5.49. The van der Waals surface area contributed by atoms with Gasteiger partial charge in [0.25, 0.3) is 0 Å². The van der Waals surface area contributed by atoms with E-state index < -0.39 is 0 Å². The highest BCUT2D eigenvalue weighted by Gasteiger charge is 2.09. The lowest BCUT2D eigenvalue weighted by atomic mass is 10.4. The molecule has 2 aromatic heterocycles. The summed E-state index contributed by atoms with van der Waals surface area (Å²) in [5, 5.41) is 5.09. The van der Waals surface area contributed by atoms with Gasteiger partial charge in [0.1, 0.15) is 0 Å². The highest BCUT2D eigenvalue weighted by atomic mass is 32.1. The van der Waals surface area contributed by atoms with Crippen molar-refractivity contribution in [2.45, 2.75) is 13.3 Å². The smallest absolute Gasteiger partial charge is 0.168 e. The Morgan fingerprint density at radius 1 is 1.50 bits per heavy atom. The summed E-state index contributed by atoms with van der Waals surface area (Å²) in [6, 6.07) is 3.86. The number of aromatic nitrogens is 3. The first kappa shape index (κ1) is 9.21. The Bertz CT molecular complexity index is 443. The molecule has 0 saturated carbocycles. The number of hydrogen-bond acceptors (Lipinski definition) is 4. The van der Waals surface area contributed by atoms with E-state index in [2.05, 4.69) is 10.1 Å². The van der Waals surface area contributed by atoms with E-state index in [1.54, 1.807) is 4.68 Å². The number of nitrogen functional groups attached to an aromatic ring is 1. The number of anilines is 1. The van der Waals surface area contributed by atoms with Gasteiger partial charge in [-0.15, -0.1) is 11.3 Å². The van der Waals surface area contributed by atoms with Gasteiger partial charge < -0.3 is 5.73 Å². The van der Waals surface area contributed by atoms with Crippen LogP contribution in [0.15, 0.2) is 12.1 Å². The van der Waals surface area contributed by atoms with Gasteiger partial charge >= 0.3 is 0 Å². The molecule has 2 N–H and O–H groups in total. The molecule has 74 valence electrons. The Hall–Kier alpha value is -1.36. The SMILES string of the molecule is CCc1nc(-c2ccc(N)s2)n(C)n1. The highest BCUT2D eigenvalue weighted by Crippen LogP contribution is 2.27. The van der Waals surface area contributed by atoms with Gasteiger partial charge in [0, 0.05) is 13.5 Å². The van der Waals surface area contributed by atoms with Crippen LogP contribution >= 0.6 is 11.3 Å². The molecule has 0 atom stereocenters. The van der Waals surface area contributed by atoms with Crippen LogP contribution in [0.3, 0.4) is 0 Å². The van der Waals surface area contributed by atoms with Gasteiger partial charge in [0.15, 0.2) is 11.6 Å². The van der Waals surface area contributed by atoms with Crippen molar-refractivity contribution < 1.29 is 0 Å². The topological polar surface area (TPSA) is 56.7 Å². The van der Waals surface area contributed by atoms with Gasteiger partial charge in [-0.1, -0.05) is 6.92 Å². The van der Waals surface area contributed by atoms with Crippen LogP contribution in [0.25, 0.3) is 10.7 Å². The van der Waals surface area contributed by atoms with Crippen molar-refractivity contribution in [1.82, 2.24) is 14.8 Å². The van der Waals surface area contributed by atoms with Crippen LogP contribution in [0.1, 0.15) is 12.7 Å². The van der Waals surface area contributed by atoms with Crippen molar-refractivity contribution in [3.63, 3.8) is 0 Å². The molecular formula is C9H12N4S. The molecule has 0 spiro atoms. The van der Waals surface area contributed by atoms with E-state index in [4.69, 9.17) is 5.73 Å². The van der Waals surface area contributed by atoms with E-state index in [-0.39, 0.29) is 0 Å². The van der Waals surface area contributed by atoms with Gasteiger partial charge in [-0.05, 0) is 12.1 Å². The number of aryl methyl sites for hydroxylation is 2. The zero-order chi connectivity index (χ0) is 10.1. The lowest BCUT2D eigenvalue weighted by Crippen LogP contribution is -1.93. The molecule has 4 nitrogen and oxygen atoms in total. The first-order chi connectivity index (χ1) is 6.70. The number of nitrogens with two attached hydrogens (primary N) is 1. The van der Waals surface area contributed by atoms with Gasteiger partial charge in [-0.3, -0.25) is 0 Å². The van der Waals surface area contributed by atoms with Gasteiger partial charge in [0.2, 0.25) is 0 Å². The first-order valence-electron chi connectivity index (χ1n) is 4.46. The molecule has 0 aliphatic carbocycles. The van der Waals surface area contributed by atoms with Crippen LogP contribution in [-0.2, 0) is 13.5 Å². The van der Waals surface area contributed by atoms with Crippen LogP contribution in [0, 0.1) is 0 Å². The van der Waals surface area contributed by atoms with Crippen molar-refractivity contribution >= 4 is 16.3 Å². The molecule has 2 aromatic rings. The summed E-state index contributed by atoms with van der Waals surface area (Å²) in [5.41, 5.74) is 5.67. The second-order valence-corrected chi connectivity index (χ2v) is 4.15. The molecular weight excluding hydrogens is 196 g/mol. The maximum absolute atomic E-state index is 5.67. The summed E-state index contributed by atoms with van der Waals surface area (Å²) in [5.74, 6) is 1.76. The molecule has 0 saturated heterocycles. The van der Waals surface area contributed by atoms with Crippen molar-refractivity contribution in [1.29, 1.82) is 0 Å². The lowest BCUT2D eigenvalue weighted by Gasteiger charge is -1.93. The highest BCUT2D eigenvalue weighted by molar-refractivity contribution is 7.19. The minimum atomic E-state index is 0.807. The van der Waals surface area contributed by atoms with E-state index in [1.165, 1.54) is 11.3 Å². The molecule has 0 fully saturated rings. The number of thiophene rings is 1. The molecule has 2 heterocycles. The van der Waals surface area contributed by atoms with E-state index >= 15 is 0 Å². The average molecular weight is 208 g/mol. The van der Waals surface area contributed by atoms with E-state index in [1.807, 2.05) is 26.1 Å². The van der Waals surface area contributed by atoms with Crippen LogP contribution in [0.5, 0.6) is 0 Å². The zero-order valence-electron chi connectivity index (χ0n) is 8.19. The average Bonchev–Trinajstić information content (AvgIpc) is 2.71. The van der Waals surface area contributed by atoms with Crippen molar-refractivity contribution in [3.8, 4) is 10.7 Å². The Balaban J connectivity index is 2.45. The third-order valence-electron chi connectivity index (χ3n) is 1.97. The standard InChI is InChI=1S/C9H12N4S/c1-3-8-11-9(13(2)12-8)6-4-5-7(10)14-6/h4-5H,3,10H2,1-2H3. The third-order valence-corrected chi connectivity index (χ3v) is 2.88. The first-order valence-corrected chi connectivity index (χ1v) is 5.28. The van der Waals surface area contributed by atoms with Gasteiger partial charge in [-0.25, -0.2) is 9.67 Å². The molecule has 0 unspecified atom stereocenters. The lowest BCUT2D eigenvalue weighted by molar-refractivity contribution is 0.753. The fourth-order valence-corrected chi connectivity index (χ4v) is 2.07. The summed E-state index contributed by atoms with van der Waals surface area (Å²) in [6.45, 7) is 2.04. The minimum absolute atomic E-state index is 0.807. The monoisotopic (exact) mass is 208 g/mol. The number of nitrogens with zero attached hydrogens (tertiary/aromatic N) is 3. The molecule has 2 rings (SSSR count). The quantitative estimate of drug-likeness (QED) is 0.817. The van der Waals surface area contributed by atoms with E-state index in [0.717, 1.165) is 27.9 Å². The molecule has 0 aliphatic rings. The maximum atomic E-state index is 5.67. The fraction of sp³-hybridized carbons (Fsp3) is 0.333. The Labute approximate surface area is 86.4 Å². The summed E-state index contributed by atoms with van der Waals surface area (Å²) in [7, 11) is 1.90. The number of rotatable bonds is 2. The number of hydrogen-bond donors (Lipinski definition) is 1. The summed E-state index contributed by atoms with van der Waals surface area (Å²) < 4.78 is 1.80. The molecule has 0 aromatic carbocycles. The maximum Gasteiger partial charge on any atom is 0.168 e. The Morgan fingerprint density at radius 2 is 2.29 bits per heavy atom. The molecule has 5 heteroatoms. The van der Waals surface area contributed by atoms with Crippen LogP contribution in [0.4, 0.5) is 5.00 Å². The summed E-state index contributed by atoms with van der Waals surface area (Å²) in [6.07, 6.45) is 0.856. The van der Waals surface area contributed by atoms with Crippen molar-refractivity contribution in [3.05, 3.63) is 18.0 Å². The Morgan fingerprint density at radius 3 is 2.79 bits per heavy atom. The normalized spacial score (nSPS) is 10.7. The van der Waals surface area contributed by atoms with Gasteiger partial charge in [0.05, 0.1) is 9.88 Å². The molecule has 0 bridgehead atoms. The fourth-order valence-electron chi connectivity index (χ4n) is 1.27. The molecule has 14 heavy (non-hydrogen) atoms. The second-order valence-electron chi connectivity index (χ2n) is 3.03. The van der Waals surface area contributed by atoms with Crippen LogP contribution < -0.4 is 5.73 Å². The molecule has 0 amide bonds. The van der Waals surface area contributed by atoms with E-state index in [9.17, 15) is 0 Å². The molecule has 0 radical (unpaired) electrons. The third kappa shape index (κ3) is 1.50. The Kier molecular flexibility index (Phi) is 2.25. The van der Waals surface area contributed by atoms with Crippen molar-refractivity contribution in [2.75, 3.05) is 5.73 Å². The van der Waals surface area contributed by atoms with Crippen molar-refractivity contribution in [2.24, 2.45) is 7.05 Å². The van der Waals surface area contributed by atoms with E-state index in [0.29, 0.717) is 0 Å². The molecule has 0 aliphatic heterocycles. The predicted molar refractivity (Wildman–Crippen MR) is 58.1 cm³/mol. The largest absolute Gasteiger partial charge is 0.391 e. The predicted octanol–water partition coefficient (Wildman–Crippen LogP) is 1.69. The van der Waals surface area contributed by atoms with Crippen LogP contribution in [0.2, 0.25) is 0 Å². The van der Waals surface area contributed by atoms with Crippen LogP contribution in [-0.4, -0.2) is 14.8 Å². The minimum Gasteiger partial charge on any atom is -0.391 e. The zero-order valence-corrected chi connectivity index (χ0v) is 9.01. The summed E-state index contributed by atoms with van der Waals surface area (Å²) >= 11 is 1.53. The second kappa shape index (κ2) is 3.42.